The number of nitrogens with zero attached hydrogens (tertiary/aromatic N) is 2. The lowest BCUT2D eigenvalue weighted by Gasteiger charge is -2.21. The van der Waals surface area contributed by atoms with Crippen LogP contribution in [0.2, 0.25) is 0 Å². The highest BCUT2D eigenvalue weighted by molar-refractivity contribution is 7.15. The Bertz CT molecular complexity index is 460. The molecule has 8 nitrogen and oxygen atoms in total. The van der Waals surface area contributed by atoms with E-state index < -0.39 is 24.0 Å². The van der Waals surface area contributed by atoms with Gasteiger partial charge in [-0.15, -0.1) is 10.2 Å². The van der Waals surface area contributed by atoms with Crippen molar-refractivity contribution < 1.29 is 19.8 Å². The summed E-state index contributed by atoms with van der Waals surface area (Å²) in [4.78, 5) is 22.0. The van der Waals surface area contributed by atoms with Crippen LogP contribution in [0.5, 0.6) is 0 Å². The monoisotopic (exact) mass is 288 g/mol. The van der Waals surface area contributed by atoms with Crippen LogP contribution < -0.4 is 10.6 Å². The molecular formula is C10H16N4O4S. The lowest BCUT2D eigenvalue weighted by molar-refractivity contribution is -0.141. The van der Waals surface area contributed by atoms with Crippen LogP contribution in [0, 0.1) is 0 Å². The van der Waals surface area contributed by atoms with E-state index >= 15 is 0 Å². The molecule has 0 spiro atoms. The van der Waals surface area contributed by atoms with Crippen LogP contribution in [0.4, 0.5) is 9.93 Å². The molecule has 1 atom stereocenters. The summed E-state index contributed by atoms with van der Waals surface area (Å²) in [5, 5.41) is 31.9. The minimum absolute atomic E-state index is 0.176. The van der Waals surface area contributed by atoms with Crippen LogP contribution in [0.3, 0.4) is 0 Å². The molecule has 1 aromatic rings. The van der Waals surface area contributed by atoms with Crippen molar-refractivity contribution in [3.63, 3.8) is 0 Å². The van der Waals surface area contributed by atoms with E-state index in [0.29, 0.717) is 5.13 Å². The first-order chi connectivity index (χ1) is 8.82. The third kappa shape index (κ3) is 5.62. The Labute approximate surface area is 113 Å². The summed E-state index contributed by atoms with van der Waals surface area (Å²) < 4.78 is 0. The van der Waals surface area contributed by atoms with Gasteiger partial charge in [-0.1, -0.05) is 18.3 Å². The summed E-state index contributed by atoms with van der Waals surface area (Å²) in [7, 11) is 0. The number of carbonyl (C=O) groups excluding carboxylic acids is 1. The molecule has 0 aromatic carbocycles. The SMILES string of the molecule is CCc1nnc(NC(=O)NCC(C)(O)CC(=O)O)s1. The minimum atomic E-state index is -1.50. The Kier molecular flexibility index (Phi) is 5.19. The number of rotatable bonds is 6. The topological polar surface area (TPSA) is 124 Å². The van der Waals surface area contributed by atoms with Crippen molar-refractivity contribution in [2.45, 2.75) is 32.3 Å². The van der Waals surface area contributed by atoms with Gasteiger partial charge in [0.25, 0.3) is 0 Å². The van der Waals surface area contributed by atoms with Crippen molar-refractivity contribution >= 4 is 28.5 Å². The highest BCUT2D eigenvalue weighted by Gasteiger charge is 2.24. The fourth-order valence-electron chi connectivity index (χ4n) is 1.25. The molecule has 0 bridgehead atoms. The van der Waals surface area contributed by atoms with E-state index in [0.717, 1.165) is 11.4 Å². The van der Waals surface area contributed by atoms with Gasteiger partial charge in [-0.05, 0) is 13.3 Å². The van der Waals surface area contributed by atoms with Gasteiger partial charge in [-0.3, -0.25) is 10.1 Å². The maximum absolute atomic E-state index is 11.5. The predicted molar refractivity (Wildman–Crippen MR) is 69.2 cm³/mol. The molecule has 9 heteroatoms. The number of aromatic nitrogens is 2. The van der Waals surface area contributed by atoms with E-state index in [-0.39, 0.29) is 6.54 Å². The lowest BCUT2D eigenvalue weighted by atomic mass is 10.0. The summed E-state index contributed by atoms with van der Waals surface area (Å²) >= 11 is 1.25. The maximum Gasteiger partial charge on any atom is 0.321 e. The summed E-state index contributed by atoms with van der Waals surface area (Å²) in [6, 6.07) is -0.565. The van der Waals surface area contributed by atoms with Gasteiger partial charge in [-0.2, -0.15) is 0 Å². The fraction of sp³-hybridized carbons (Fsp3) is 0.600. The van der Waals surface area contributed by atoms with Crippen LogP contribution in [0.1, 0.15) is 25.3 Å². The lowest BCUT2D eigenvalue weighted by Crippen LogP contribution is -2.43. The third-order valence-corrected chi connectivity index (χ3v) is 3.13. The molecule has 106 valence electrons. The van der Waals surface area contributed by atoms with E-state index in [1.54, 1.807) is 0 Å². The quantitative estimate of drug-likeness (QED) is 0.602. The molecule has 1 rings (SSSR count). The van der Waals surface area contributed by atoms with Gasteiger partial charge >= 0.3 is 12.0 Å². The molecule has 2 amide bonds. The van der Waals surface area contributed by atoms with Gasteiger partial charge in [0.1, 0.15) is 5.01 Å². The van der Waals surface area contributed by atoms with E-state index in [9.17, 15) is 14.7 Å². The molecule has 0 fully saturated rings. The molecule has 0 saturated heterocycles. The van der Waals surface area contributed by atoms with E-state index in [4.69, 9.17) is 5.11 Å². The number of carbonyl (C=O) groups is 2. The molecule has 1 unspecified atom stereocenters. The molecule has 0 aliphatic carbocycles. The zero-order valence-electron chi connectivity index (χ0n) is 10.6. The summed E-state index contributed by atoms with van der Waals surface area (Å²) in [6.45, 7) is 3.08. The number of aryl methyl sites for hydroxylation is 1. The molecule has 1 heterocycles. The summed E-state index contributed by atoms with van der Waals surface area (Å²) in [5.41, 5.74) is -1.50. The number of aliphatic hydroxyl groups is 1. The highest BCUT2D eigenvalue weighted by atomic mass is 32.1. The van der Waals surface area contributed by atoms with Crippen molar-refractivity contribution in [2.75, 3.05) is 11.9 Å². The molecule has 4 N–H and O–H groups in total. The number of hydrogen-bond acceptors (Lipinski definition) is 6. The second-order valence-corrected chi connectivity index (χ2v) is 5.29. The second kappa shape index (κ2) is 6.43. The van der Waals surface area contributed by atoms with Crippen LogP contribution in [0.15, 0.2) is 0 Å². The first-order valence-corrected chi connectivity index (χ1v) is 6.45. The molecule has 0 aliphatic heterocycles. The van der Waals surface area contributed by atoms with E-state index in [1.807, 2.05) is 6.92 Å². The largest absolute Gasteiger partial charge is 0.481 e. The number of carboxylic acid groups (broad SMARTS) is 1. The van der Waals surface area contributed by atoms with Gasteiger partial charge in [0.2, 0.25) is 5.13 Å². The summed E-state index contributed by atoms with van der Waals surface area (Å²) in [6.07, 6.45) is 0.278. The van der Waals surface area contributed by atoms with Gasteiger partial charge < -0.3 is 15.5 Å². The molecular weight excluding hydrogens is 272 g/mol. The highest BCUT2D eigenvalue weighted by Crippen LogP contribution is 2.15. The Morgan fingerprint density at radius 3 is 2.63 bits per heavy atom. The van der Waals surface area contributed by atoms with Crippen molar-refractivity contribution in [1.29, 1.82) is 0 Å². The number of amides is 2. The zero-order valence-corrected chi connectivity index (χ0v) is 11.5. The Balaban J connectivity index is 2.41. The van der Waals surface area contributed by atoms with Crippen LogP contribution in [0.25, 0.3) is 0 Å². The second-order valence-electron chi connectivity index (χ2n) is 4.23. The maximum atomic E-state index is 11.5. The van der Waals surface area contributed by atoms with Crippen molar-refractivity contribution in [3.8, 4) is 0 Å². The standard InChI is InChI=1S/C10H16N4O4S/c1-3-6-13-14-9(19-6)12-8(17)11-5-10(2,18)4-7(15)16/h18H,3-5H2,1-2H3,(H,15,16)(H2,11,12,14,17). The first kappa shape index (κ1) is 15.3. The molecule has 0 aliphatic rings. The third-order valence-electron chi connectivity index (χ3n) is 2.15. The zero-order chi connectivity index (χ0) is 14.5. The van der Waals surface area contributed by atoms with Crippen molar-refractivity contribution in [3.05, 3.63) is 5.01 Å². The normalized spacial score (nSPS) is 13.6. The van der Waals surface area contributed by atoms with Gasteiger partial charge in [0.05, 0.1) is 12.0 Å². The van der Waals surface area contributed by atoms with Crippen molar-refractivity contribution in [2.24, 2.45) is 0 Å². The van der Waals surface area contributed by atoms with Gasteiger partial charge in [-0.25, -0.2) is 4.79 Å². The van der Waals surface area contributed by atoms with Crippen LogP contribution in [-0.2, 0) is 11.2 Å². The molecule has 1 aromatic heterocycles. The fourth-order valence-corrected chi connectivity index (χ4v) is 1.92. The number of hydrogen-bond donors (Lipinski definition) is 4. The van der Waals surface area contributed by atoms with Gasteiger partial charge in [0, 0.05) is 6.54 Å². The van der Waals surface area contributed by atoms with E-state index in [2.05, 4.69) is 20.8 Å². The molecule has 0 radical (unpaired) electrons. The molecule has 0 saturated carbocycles. The Morgan fingerprint density at radius 2 is 2.11 bits per heavy atom. The Hall–Kier alpha value is -1.74. The number of nitrogens with one attached hydrogen (secondary N) is 2. The van der Waals surface area contributed by atoms with Crippen molar-refractivity contribution in [1.82, 2.24) is 15.5 Å². The first-order valence-electron chi connectivity index (χ1n) is 5.64. The number of anilines is 1. The smallest absolute Gasteiger partial charge is 0.321 e. The van der Waals surface area contributed by atoms with Crippen LogP contribution >= 0.6 is 11.3 Å². The van der Waals surface area contributed by atoms with Gasteiger partial charge in [0.15, 0.2) is 0 Å². The number of aliphatic carboxylic acids is 1. The number of carboxylic acids is 1. The molecule has 19 heavy (non-hydrogen) atoms. The predicted octanol–water partition coefficient (Wildman–Crippen LogP) is 0.448. The average molecular weight is 288 g/mol. The average Bonchev–Trinajstić information content (AvgIpc) is 2.72. The minimum Gasteiger partial charge on any atom is -0.481 e. The number of urea groups is 1. The van der Waals surface area contributed by atoms with E-state index in [1.165, 1.54) is 18.3 Å². The Morgan fingerprint density at radius 1 is 1.42 bits per heavy atom. The summed E-state index contributed by atoms with van der Waals surface area (Å²) in [5.74, 6) is -1.14. The van der Waals surface area contributed by atoms with Crippen LogP contribution in [-0.4, -0.2) is 44.6 Å².